The van der Waals surface area contributed by atoms with E-state index in [-0.39, 0.29) is 17.9 Å². The Morgan fingerprint density at radius 3 is 2.76 bits per heavy atom. The first-order chi connectivity index (χ1) is 12.0. The van der Waals surface area contributed by atoms with Gasteiger partial charge in [-0.25, -0.2) is 4.79 Å². The van der Waals surface area contributed by atoms with Crippen LogP contribution in [0.25, 0.3) is 0 Å². The summed E-state index contributed by atoms with van der Waals surface area (Å²) in [6, 6.07) is 5.64. The summed E-state index contributed by atoms with van der Waals surface area (Å²) in [5, 5.41) is 5.99. The summed E-state index contributed by atoms with van der Waals surface area (Å²) in [6.07, 6.45) is 2.25. The van der Waals surface area contributed by atoms with Gasteiger partial charge in [0.15, 0.2) is 0 Å². The van der Waals surface area contributed by atoms with Gasteiger partial charge in [0.2, 0.25) is 5.91 Å². The molecule has 6 heteroatoms. The van der Waals surface area contributed by atoms with E-state index in [0.717, 1.165) is 23.4 Å². The Bertz CT molecular complexity index is 637. The van der Waals surface area contributed by atoms with E-state index in [9.17, 15) is 9.59 Å². The van der Waals surface area contributed by atoms with E-state index in [2.05, 4.69) is 24.5 Å². The molecule has 0 aliphatic carbocycles. The maximum atomic E-state index is 12.5. The van der Waals surface area contributed by atoms with Crippen LogP contribution in [0, 0.1) is 11.8 Å². The molecule has 2 aliphatic rings. The van der Waals surface area contributed by atoms with Crippen LogP contribution in [-0.2, 0) is 11.2 Å². The lowest BCUT2D eigenvalue weighted by atomic mass is 9.96. The molecule has 136 valence electrons. The standard InChI is InChI=1S/C19H27N3O3/c1-13(2)12-20-18(23)14-6-9-22(10-7-14)19(24)21-16-4-3-5-17-15(16)8-11-25-17/h3-5,13-14H,6-12H2,1-2H3,(H,20,23)(H,21,24). The third-order valence-electron chi connectivity index (χ3n) is 4.82. The number of hydrogen-bond donors (Lipinski definition) is 2. The normalized spacial score (nSPS) is 17.2. The second kappa shape index (κ2) is 7.76. The number of hydrogen-bond acceptors (Lipinski definition) is 3. The van der Waals surface area contributed by atoms with Gasteiger partial charge < -0.3 is 20.3 Å². The van der Waals surface area contributed by atoms with Gasteiger partial charge in [-0.3, -0.25) is 4.79 Å². The van der Waals surface area contributed by atoms with Crippen molar-refractivity contribution in [1.82, 2.24) is 10.2 Å². The Labute approximate surface area is 148 Å². The van der Waals surface area contributed by atoms with Crippen molar-refractivity contribution in [1.29, 1.82) is 0 Å². The van der Waals surface area contributed by atoms with E-state index in [1.807, 2.05) is 18.2 Å². The number of likely N-dealkylation sites (tertiary alicyclic amines) is 1. The number of piperidine rings is 1. The molecular weight excluding hydrogens is 318 g/mol. The first-order valence-corrected chi connectivity index (χ1v) is 9.13. The van der Waals surface area contributed by atoms with E-state index in [0.29, 0.717) is 45.0 Å². The number of benzene rings is 1. The van der Waals surface area contributed by atoms with Crippen LogP contribution in [0.5, 0.6) is 5.75 Å². The van der Waals surface area contributed by atoms with Crippen molar-refractivity contribution in [2.24, 2.45) is 11.8 Å². The molecular formula is C19H27N3O3. The first-order valence-electron chi connectivity index (χ1n) is 9.13. The van der Waals surface area contributed by atoms with Gasteiger partial charge in [-0.15, -0.1) is 0 Å². The number of amides is 3. The third-order valence-corrected chi connectivity index (χ3v) is 4.82. The SMILES string of the molecule is CC(C)CNC(=O)C1CCN(C(=O)Nc2cccc3c2CCO3)CC1. The highest BCUT2D eigenvalue weighted by atomic mass is 16.5. The summed E-state index contributed by atoms with van der Waals surface area (Å²) >= 11 is 0. The molecule has 0 bridgehead atoms. The predicted molar refractivity (Wildman–Crippen MR) is 96.8 cm³/mol. The lowest BCUT2D eigenvalue weighted by Gasteiger charge is -2.31. The Balaban J connectivity index is 1.51. The van der Waals surface area contributed by atoms with Crippen molar-refractivity contribution in [3.63, 3.8) is 0 Å². The highest BCUT2D eigenvalue weighted by molar-refractivity contribution is 5.91. The van der Waals surface area contributed by atoms with Crippen LogP contribution < -0.4 is 15.4 Å². The van der Waals surface area contributed by atoms with Crippen LogP contribution >= 0.6 is 0 Å². The molecule has 25 heavy (non-hydrogen) atoms. The van der Waals surface area contributed by atoms with Crippen molar-refractivity contribution in [2.75, 3.05) is 31.6 Å². The van der Waals surface area contributed by atoms with Crippen LogP contribution in [0.1, 0.15) is 32.3 Å². The molecule has 0 aromatic heterocycles. The molecule has 1 fully saturated rings. The van der Waals surface area contributed by atoms with Gasteiger partial charge in [-0.1, -0.05) is 19.9 Å². The van der Waals surface area contributed by atoms with Gasteiger partial charge in [0.25, 0.3) is 0 Å². The fourth-order valence-electron chi connectivity index (χ4n) is 3.33. The topological polar surface area (TPSA) is 70.7 Å². The van der Waals surface area contributed by atoms with Gasteiger partial charge in [0.05, 0.1) is 6.61 Å². The zero-order valence-electron chi connectivity index (χ0n) is 15.0. The van der Waals surface area contributed by atoms with E-state index in [1.54, 1.807) is 4.90 Å². The smallest absolute Gasteiger partial charge is 0.321 e. The maximum absolute atomic E-state index is 12.5. The van der Waals surface area contributed by atoms with Crippen molar-refractivity contribution in [3.05, 3.63) is 23.8 Å². The Kier molecular flexibility index (Phi) is 5.46. The minimum atomic E-state index is -0.0960. The molecule has 1 aromatic carbocycles. The van der Waals surface area contributed by atoms with Gasteiger partial charge in [0.1, 0.15) is 5.75 Å². The summed E-state index contributed by atoms with van der Waals surface area (Å²) in [6.45, 7) is 6.76. The quantitative estimate of drug-likeness (QED) is 0.881. The van der Waals surface area contributed by atoms with E-state index >= 15 is 0 Å². The molecule has 0 saturated carbocycles. The number of rotatable bonds is 4. The Morgan fingerprint density at radius 2 is 2.04 bits per heavy atom. The van der Waals surface area contributed by atoms with Crippen molar-refractivity contribution >= 4 is 17.6 Å². The monoisotopic (exact) mass is 345 g/mol. The lowest BCUT2D eigenvalue weighted by molar-refractivity contribution is -0.126. The highest BCUT2D eigenvalue weighted by Crippen LogP contribution is 2.31. The summed E-state index contributed by atoms with van der Waals surface area (Å²) in [7, 11) is 0. The molecule has 0 unspecified atom stereocenters. The first kappa shape index (κ1) is 17.6. The van der Waals surface area contributed by atoms with E-state index in [4.69, 9.17) is 4.74 Å². The molecule has 2 heterocycles. The Morgan fingerprint density at radius 1 is 1.28 bits per heavy atom. The van der Waals surface area contributed by atoms with Gasteiger partial charge in [-0.05, 0) is 30.9 Å². The average Bonchev–Trinajstić information content (AvgIpc) is 3.09. The number of carbonyl (C=O) groups is 2. The molecule has 2 N–H and O–H groups in total. The summed E-state index contributed by atoms with van der Waals surface area (Å²) < 4.78 is 5.54. The van der Waals surface area contributed by atoms with Gasteiger partial charge in [0, 0.05) is 43.2 Å². The molecule has 3 amide bonds. The predicted octanol–water partition coefficient (Wildman–Crippen LogP) is 2.64. The van der Waals surface area contributed by atoms with Crippen molar-refractivity contribution < 1.29 is 14.3 Å². The van der Waals surface area contributed by atoms with Gasteiger partial charge >= 0.3 is 6.03 Å². The molecule has 3 rings (SSSR count). The number of nitrogens with zero attached hydrogens (tertiary/aromatic N) is 1. The van der Waals surface area contributed by atoms with Crippen molar-refractivity contribution in [3.8, 4) is 5.75 Å². The molecule has 0 atom stereocenters. The zero-order valence-corrected chi connectivity index (χ0v) is 15.0. The third kappa shape index (κ3) is 4.24. The molecule has 2 aliphatic heterocycles. The minimum absolute atomic E-state index is 0.0113. The summed E-state index contributed by atoms with van der Waals surface area (Å²) in [4.78, 5) is 26.5. The van der Waals surface area contributed by atoms with Crippen LogP contribution in [0.15, 0.2) is 18.2 Å². The number of urea groups is 1. The fraction of sp³-hybridized carbons (Fsp3) is 0.579. The molecule has 1 saturated heterocycles. The number of anilines is 1. The molecule has 0 spiro atoms. The molecule has 6 nitrogen and oxygen atoms in total. The number of ether oxygens (including phenoxy) is 1. The average molecular weight is 345 g/mol. The zero-order chi connectivity index (χ0) is 17.8. The van der Waals surface area contributed by atoms with Crippen LogP contribution in [0.4, 0.5) is 10.5 Å². The number of nitrogens with one attached hydrogen (secondary N) is 2. The largest absolute Gasteiger partial charge is 0.493 e. The van der Waals surface area contributed by atoms with E-state index < -0.39 is 0 Å². The maximum Gasteiger partial charge on any atom is 0.321 e. The highest BCUT2D eigenvalue weighted by Gasteiger charge is 2.28. The molecule has 0 radical (unpaired) electrons. The van der Waals surface area contributed by atoms with Crippen molar-refractivity contribution in [2.45, 2.75) is 33.1 Å². The van der Waals surface area contributed by atoms with E-state index in [1.165, 1.54) is 0 Å². The van der Waals surface area contributed by atoms with Gasteiger partial charge in [-0.2, -0.15) is 0 Å². The minimum Gasteiger partial charge on any atom is -0.493 e. The number of carbonyl (C=O) groups excluding carboxylic acids is 2. The number of fused-ring (bicyclic) bond motifs is 1. The van der Waals surface area contributed by atoms with Crippen LogP contribution in [-0.4, -0.2) is 43.1 Å². The fourth-order valence-corrected chi connectivity index (χ4v) is 3.33. The summed E-state index contributed by atoms with van der Waals surface area (Å²) in [5.41, 5.74) is 1.90. The Hall–Kier alpha value is -2.24. The lowest BCUT2D eigenvalue weighted by Crippen LogP contribution is -2.45. The second-order valence-electron chi connectivity index (χ2n) is 7.21. The summed E-state index contributed by atoms with van der Waals surface area (Å²) in [5.74, 6) is 1.44. The van der Waals surface area contributed by atoms with Crippen LogP contribution in [0.3, 0.4) is 0 Å². The molecule has 1 aromatic rings. The van der Waals surface area contributed by atoms with Crippen LogP contribution in [0.2, 0.25) is 0 Å². The second-order valence-corrected chi connectivity index (χ2v) is 7.21.